The lowest BCUT2D eigenvalue weighted by molar-refractivity contribution is -0.384. The minimum atomic E-state index is -0.483. The molecule has 0 amide bonds. The van der Waals surface area contributed by atoms with E-state index in [1.807, 2.05) is 6.92 Å². The van der Waals surface area contributed by atoms with E-state index >= 15 is 0 Å². The average Bonchev–Trinajstić information content (AvgIpc) is 3.09. The highest BCUT2D eigenvalue weighted by atomic mass is 35.5. The highest BCUT2D eigenvalue weighted by molar-refractivity contribution is 6.41. The average molecular weight is 432 g/mol. The Morgan fingerprint density at radius 2 is 1.93 bits per heavy atom. The number of hydrazone groups is 1. The van der Waals surface area contributed by atoms with Crippen molar-refractivity contribution >= 4 is 46.7 Å². The lowest BCUT2D eigenvalue weighted by Crippen LogP contribution is -2.37. The van der Waals surface area contributed by atoms with Crippen molar-refractivity contribution < 1.29 is 4.92 Å². The van der Waals surface area contributed by atoms with Crippen molar-refractivity contribution in [2.45, 2.75) is 13.5 Å². The van der Waals surface area contributed by atoms with E-state index in [0.29, 0.717) is 12.1 Å². The van der Waals surface area contributed by atoms with Gasteiger partial charge < -0.3 is 4.57 Å². The second-order valence-electron chi connectivity index (χ2n) is 6.31. The summed E-state index contributed by atoms with van der Waals surface area (Å²) in [6, 6.07) is 5.88. The number of benzene rings is 1. The first-order valence-corrected chi connectivity index (χ1v) is 9.19. The van der Waals surface area contributed by atoms with Gasteiger partial charge in [0.1, 0.15) is 0 Å². The number of nitro benzene ring substituents is 1. The minimum absolute atomic E-state index is 0.0161. The molecule has 0 fully saturated rings. The maximum atomic E-state index is 12.5. The molecule has 0 saturated carbocycles. The normalized spacial score (nSPS) is 12.1. The first-order chi connectivity index (χ1) is 14.2. The van der Waals surface area contributed by atoms with E-state index in [1.165, 1.54) is 37.0 Å². The first-order valence-electron chi connectivity index (χ1n) is 8.81. The molecule has 3 rings (SSSR count). The number of halogens is 1. The van der Waals surface area contributed by atoms with Crippen LogP contribution in [0.3, 0.4) is 0 Å². The van der Waals surface area contributed by atoms with Crippen molar-refractivity contribution in [3.63, 3.8) is 0 Å². The number of imidazole rings is 1. The highest BCUT2D eigenvalue weighted by Crippen LogP contribution is 2.17. The second kappa shape index (κ2) is 8.33. The molecule has 0 aliphatic rings. The smallest absolute Gasteiger partial charge is 0.303 e. The molecule has 3 aromatic rings. The fourth-order valence-corrected chi connectivity index (χ4v) is 3.05. The summed E-state index contributed by atoms with van der Waals surface area (Å²) >= 11 is 6.14. The summed E-state index contributed by atoms with van der Waals surface area (Å²) < 4.78 is 3.93. The molecule has 0 atom stereocenters. The Labute approximate surface area is 174 Å². The number of nitrogens with zero attached hydrogens (tertiary/aromatic N) is 6. The predicted octanol–water partition coefficient (Wildman–Crippen LogP) is 2.04. The molecule has 0 aliphatic carbocycles. The van der Waals surface area contributed by atoms with Crippen molar-refractivity contribution in [3.05, 3.63) is 65.8 Å². The molecular formula is C18H18ClN7O4. The van der Waals surface area contributed by atoms with Gasteiger partial charge in [-0.15, -0.1) is 0 Å². The number of rotatable bonds is 6. The van der Waals surface area contributed by atoms with Crippen LogP contribution in [-0.2, 0) is 20.6 Å². The third-order valence-electron chi connectivity index (χ3n) is 4.43. The van der Waals surface area contributed by atoms with Crippen LogP contribution in [0.4, 0.5) is 11.6 Å². The van der Waals surface area contributed by atoms with E-state index in [4.69, 9.17) is 11.6 Å². The van der Waals surface area contributed by atoms with Gasteiger partial charge in [0.15, 0.2) is 11.2 Å². The Balaban J connectivity index is 1.88. The molecule has 12 heteroatoms. The van der Waals surface area contributed by atoms with Crippen LogP contribution in [0.5, 0.6) is 0 Å². The Kier molecular flexibility index (Phi) is 5.83. The van der Waals surface area contributed by atoms with Crippen LogP contribution in [-0.4, -0.2) is 29.8 Å². The number of non-ortho nitro benzene ring substituents is 1. The SMILES string of the molecule is CCn1c(NN=CC(Cl)=Cc2ccc([N+](=O)[O-])cc2)nc2c1c(=O)n(C)c(=O)n2C. The molecule has 0 aliphatic heterocycles. The van der Waals surface area contributed by atoms with Gasteiger partial charge in [-0.3, -0.25) is 24.0 Å². The Bertz CT molecular complexity index is 1300. The summed E-state index contributed by atoms with van der Waals surface area (Å²) in [5, 5.41) is 15.0. The fourth-order valence-electron chi connectivity index (χ4n) is 2.88. The molecule has 0 radical (unpaired) electrons. The molecule has 0 saturated heterocycles. The van der Waals surface area contributed by atoms with E-state index in [-0.39, 0.29) is 27.8 Å². The number of fused-ring (bicyclic) bond motifs is 1. The number of hydrogen-bond acceptors (Lipinski definition) is 7. The number of nitrogens with one attached hydrogen (secondary N) is 1. The van der Waals surface area contributed by atoms with E-state index in [2.05, 4.69) is 15.5 Å². The lowest BCUT2D eigenvalue weighted by Gasteiger charge is -2.05. The Morgan fingerprint density at radius 3 is 2.53 bits per heavy atom. The van der Waals surface area contributed by atoms with Crippen LogP contribution < -0.4 is 16.7 Å². The third kappa shape index (κ3) is 3.87. The van der Waals surface area contributed by atoms with Gasteiger partial charge >= 0.3 is 5.69 Å². The van der Waals surface area contributed by atoms with Gasteiger partial charge in [-0.2, -0.15) is 10.1 Å². The van der Waals surface area contributed by atoms with Crippen LogP contribution in [0, 0.1) is 10.1 Å². The van der Waals surface area contributed by atoms with Crippen molar-refractivity contribution in [3.8, 4) is 0 Å². The van der Waals surface area contributed by atoms with Crippen molar-refractivity contribution in [2.75, 3.05) is 5.43 Å². The summed E-state index contributed by atoms with van der Waals surface area (Å²) in [6.45, 7) is 2.26. The zero-order chi connectivity index (χ0) is 22.0. The van der Waals surface area contributed by atoms with Gasteiger partial charge in [-0.05, 0) is 30.7 Å². The van der Waals surface area contributed by atoms with Crippen LogP contribution in [0.15, 0.2) is 44.0 Å². The maximum Gasteiger partial charge on any atom is 0.332 e. The quantitative estimate of drug-likeness (QED) is 0.361. The summed E-state index contributed by atoms with van der Waals surface area (Å²) in [7, 11) is 2.94. The van der Waals surface area contributed by atoms with Gasteiger partial charge in [0, 0.05) is 32.8 Å². The monoisotopic (exact) mass is 431 g/mol. The van der Waals surface area contributed by atoms with E-state index in [0.717, 1.165) is 4.57 Å². The molecule has 1 N–H and O–H groups in total. The first kappa shape index (κ1) is 21.0. The summed E-state index contributed by atoms with van der Waals surface area (Å²) in [5.74, 6) is 0.279. The van der Waals surface area contributed by atoms with Crippen LogP contribution >= 0.6 is 11.6 Å². The van der Waals surface area contributed by atoms with Crippen molar-refractivity contribution in [2.24, 2.45) is 19.2 Å². The topological polar surface area (TPSA) is 129 Å². The molecule has 156 valence electrons. The number of allylic oxidation sites excluding steroid dienone is 1. The molecule has 30 heavy (non-hydrogen) atoms. The van der Waals surface area contributed by atoms with Gasteiger partial charge in [0.2, 0.25) is 5.95 Å². The molecular weight excluding hydrogens is 414 g/mol. The van der Waals surface area contributed by atoms with Gasteiger partial charge in [0.25, 0.3) is 11.2 Å². The molecule has 0 unspecified atom stereocenters. The van der Waals surface area contributed by atoms with E-state index < -0.39 is 16.2 Å². The Morgan fingerprint density at radius 1 is 1.27 bits per heavy atom. The van der Waals surface area contributed by atoms with Crippen LogP contribution in [0.25, 0.3) is 17.2 Å². The molecule has 2 heterocycles. The highest BCUT2D eigenvalue weighted by Gasteiger charge is 2.17. The number of aromatic nitrogens is 4. The molecule has 0 bridgehead atoms. The summed E-state index contributed by atoms with van der Waals surface area (Å²) in [4.78, 5) is 39.1. The molecule has 1 aromatic carbocycles. The van der Waals surface area contributed by atoms with Gasteiger partial charge in [-0.25, -0.2) is 10.2 Å². The molecule has 0 spiro atoms. The predicted molar refractivity (Wildman–Crippen MR) is 115 cm³/mol. The standard InChI is InChI=1S/C18H18ClN7O4/c1-4-25-14-15(23(2)18(28)24(3)16(14)27)21-17(25)22-20-10-12(19)9-11-5-7-13(8-6-11)26(29)30/h5-10H,4H2,1-3H3,(H,21,22). The van der Waals surface area contributed by atoms with Crippen LogP contribution in [0.2, 0.25) is 0 Å². The lowest BCUT2D eigenvalue weighted by atomic mass is 10.2. The molecule has 11 nitrogen and oxygen atoms in total. The summed E-state index contributed by atoms with van der Waals surface area (Å²) in [6.07, 6.45) is 2.91. The number of anilines is 1. The largest absolute Gasteiger partial charge is 0.332 e. The van der Waals surface area contributed by atoms with E-state index in [9.17, 15) is 19.7 Å². The van der Waals surface area contributed by atoms with Gasteiger partial charge in [-0.1, -0.05) is 11.6 Å². The third-order valence-corrected chi connectivity index (χ3v) is 4.63. The number of nitro groups is 1. The fraction of sp³-hybridized carbons (Fsp3) is 0.222. The second-order valence-corrected chi connectivity index (χ2v) is 6.74. The van der Waals surface area contributed by atoms with Crippen molar-refractivity contribution in [1.29, 1.82) is 0 Å². The van der Waals surface area contributed by atoms with Gasteiger partial charge in [0.05, 0.1) is 16.2 Å². The summed E-state index contributed by atoms with van der Waals surface area (Å²) in [5.41, 5.74) is 2.98. The zero-order valence-corrected chi connectivity index (χ0v) is 17.1. The Hall–Kier alpha value is -3.73. The number of hydrogen-bond donors (Lipinski definition) is 1. The minimum Gasteiger partial charge on any atom is -0.303 e. The number of aryl methyl sites for hydroxylation is 2. The van der Waals surface area contributed by atoms with Crippen LogP contribution in [0.1, 0.15) is 12.5 Å². The zero-order valence-electron chi connectivity index (χ0n) is 16.4. The van der Waals surface area contributed by atoms with E-state index in [1.54, 1.807) is 22.8 Å². The van der Waals surface area contributed by atoms with Crippen molar-refractivity contribution in [1.82, 2.24) is 18.7 Å². The maximum absolute atomic E-state index is 12.5. The molecule has 2 aromatic heterocycles.